The molecule has 18 heavy (non-hydrogen) atoms. The Labute approximate surface area is 108 Å². The summed E-state index contributed by atoms with van der Waals surface area (Å²) in [6.07, 6.45) is 0. The van der Waals surface area contributed by atoms with E-state index < -0.39 is 10.0 Å². The van der Waals surface area contributed by atoms with E-state index >= 15 is 0 Å². The minimum absolute atomic E-state index is 0.142. The molecule has 0 saturated carbocycles. The van der Waals surface area contributed by atoms with Crippen LogP contribution < -0.4 is 15.2 Å². The number of nitrogens with one attached hydrogen (secondary N) is 1. The molecule has 0 aliphatic carbocycles. The van der Waals surface area contributed by atoms with E-state index in [4.69, 9.17) is 10.5 Å². The minimum atomic E-state index is -3.56. The summed E-state index contributed by atoms with van der Waals surface area (Å²) in [6.45, 7) is 4.54. The van der Waals surface area contributed by atoms with Crippen LogP contribution in [0.5, 0.6) is 5.75 Å². The van der Waals surface area contributed by atoms with Gasteiger partial charge in [-0.05, 0) is 23.6 Å². The molecule has 0 unspecified atom stereocenters. The summed E-state index contributed by atoms with van der Waals surface area (Å²) in [5.41, 5.74) is 6.32. The summed E-state index contributed by atoms with van der Waals surface area (Å²) in [7, 11) is -2.10. The molecule has 0 aliphatic rings. The van der Waals surface area contributed by atoms with Gasteiger partial charge in [0.25, 0.3) is 0 Å². The van der Waals surface area contributed by atoms with Gasteiger partial charge in [0.15, 0.2) is 0 Å². The van der Waals surface area contributed by atoms with Crippen LogP contribution in [-0.4, -0.2) is 28.6 Å². The third-order valence-corrected chi connectivity index (χ3v) is 4.08. The highest BCUT2D eigenvalue weighted by Crippen LogP contribution is 2.27. The molecule has 0 heterocycles. The molecule has 0 spiro atoms. The lowest BCUT2D eigenvalue weighted by Crippen LogP contribution is -2.29. The van der Waals surface area contributed by atoms with Gasteiger partial charge in [0.2, 0.25) is 10.0 Å². The number of rotatable bonds is 6. The fourth-order valence-corrected chi connectivity index (χ4v) is 2.73. The van der Waals surface area contributed by atoms with E-state index in [1.165, 1.54) is 7.11 Å². The monoisotopic (exact) mass is 272 g/mol. The average molecular weight is 272 g/mol. The van der Waals surface area contributed by atoms with E-state index in [9.17, 15) is 8.42 Å². The van der Waals surface area contributed by atoms with E-state index in [2.05, 4.69) is 4.72 Å². The number of benzene rings is 1. The highest BCUT2D eigenvalue weighted by Gasteiger charge is 2.19. The Morgan fingerprint density at radius 2 is 2.06 bits per heavy atom. The second kappa shape index (κ2) is 6.17. The van der Waals surface area contributed by atoms with Crippen LogP contribution in [0.2, 0.25) is 0 Å². The highest BCUT2D eigenvalue weighted by atomic mass is 32.2. The van der Waals surface area contributed by atoms with Gasteiger partial charge < -0.3 is 10.5 Å². The Morgan fingerprint density at radius 1 is 1.39 bits per heavy atom. The predicted molar refractivity (Wildman–Crippen MR) is 71.3 cm³/mol. The van der Waals surface area contributed by atoms with E-state index in [0.29, 0.717) is 11.7 Å². The molecule has 0 bridgehead atoms. The van der Waals surface area contributed by atoms with Crippen molar-refractivity contribution in [2.24, 2.45) is 5.73 Å². The summed E-state index contributed by atoms with van der Waals surface area (Å²) in [5, 5.41) is 0. The first-order valence-corrected chi connectivity index (χ1v) is 7.28. The lowest BCUT2D eigenvalue weighted by Gasteiger charge is -2.13. The van der Waals surface area contributed by atoms with Crippen LogP contribution in [0.4, 0.5) is 0 Å². The molecule has 0 atom stereocenters. The Balaban J connectivity index is 3.17. The van der Waals surface area contributed by atoms with E-state index in [0.717, 1.165) is 5.56 Å². The fraction of sp³-hybridized carbons (Fsp3) is 0.500. The maximum absolute atomic E-state index is 12.0. The Kier molecular flexibility index (Phi) is 5.13. The second-order valence-electron chi connectivity index (χ2n) is 4.25. The molecule has 0 fully saturated rings. The van der Waals surface area contributed by atoms with Crippen molar-refractivity contribution < 1.29 is 13.2 Å². The average Bonchev–Trinajstić information content (AvgIpc) is 2.35. The van der Waals surface area contributed by atoms with Crippen molar-refractivity contribution in [3.8, 4) is 5.75 Å². The molecule has 6 heteroatoms. The topological polar surface area (TPSA) is 81.4 Å². The standard InChI is InChI=1S/C12H20N2O3S/c1-9(2)10-4-5-12(11(8-10)17-3)18(15,16)14-7-6-13/h4-5,8-9,14H,6-7,13H2,1-3H3. The first-order valence-electron chi connectivity index (χ1n) is 5.80. The van der Waals surface area contributed by atoms with Crippen molar-refractivity contribution >= 4 is 10.0 Å². The zero-order valence-corrected chi connectivity index (χ0v) is 11.8. The van der Waals surface area contributed by atoms with Gasteiger partial charge in [-0.2, -0.15) is 0 Å². The maximum atomic E-state index is 12.0. The summed E-state index contributed by atoms with van der Waals surface area (Å²) >= 11 is 0. The van der Waals surface area contributed by atoms with Crippen molar-refractivity contribution in [2.45, 2.75) is 24.7 Å². The summed E-state index contributed by atoms with van der Waals surface area (Å²) in [4.78, 5) is 0.142. The van der Waals surface area contributed by atoms with Gasteiger partial charge in [0, 0.05) is 13.1 Å². The lowest BCUT2D eigenvalue weighted by molar-refractivity contribution is 0.401. The minimum Gasteiger partial charge on any atom is -0.495 e. The van der Waals surface area contributed by atoms with Gasteiger partial charge in [-0.1, -0.05) is 19.9 Å². The largest absolute Gasteiger partial charge is 0.495 e. The Hall–Kier alpha value is -1.11. The molecule has 1 rings (SSSR count). The lowest BCUT2D eigenvalue weighted by atomic mass is 10.0. The number of ether oxygens (including phenoxy) is 1. The van der Waals surface area contributed by atoms with Crippen molar-refractivity contribution in [3.05, 3.63) is 23.8 Å². The first-order chi connectivity index (χ1) is 8.42. The molecular weight excluding hydrogens is 252 g/mol. The SMILES string of the molecule is COc1cc(C(C)C)ccc1S(=O)(=O)NCCN. The van der Waals surface area contributed by atoms with Crippen LogP contribution in [0.25, 0.3) is 0 Å². The number of hydrogen-bond acceptors (Lipinski definition) is 4. The molecular formula is C12H20N2O3S. The van der Waals surface area contributed by atoms with E-state index in [-0.39, 0.29) is 18.0 Å². The van der Waals surface area contributed by atoms with Gasteiger partial charge in [0.05, 0.1) is 7.11 Å². The molecule has 0 aliphatic heterocycles. The van der Waals surface area contributed by atoms with Crippen LogP contribution in [0.3, 0.4) is 0 Å². The van der Waals surface area contributed by atoms with Crippen LogP contribution in [0.15, 0.2) is 23.1 Å². The second-order valence-corrected chi connectivity index (χ2v) is 5.99. The van der Waals surface area contributed by atoms with E-state index in [1.54, 1.807) is 18.2 Å². The zero-order chi connectivity index (χ0) is 13.8. The van der Waals surface area contributed by atoms with Gasteiger partial charge in [-0.25, -0.2) is 13.1 Å². The summed E-state index contributed by atoms with van der Waals surface area (Å²) in [6, 6.07) is 5.11. The molecule has 102 valence electrons. The molecule has 1 aromatic carbocycles. The summed E-state index contributed by atoms with van der Waals surface area (Å²) < 4.78 is 31.6. The van der Waals surface area contributed by atoms with Gasteiger partial charge in [-0.3, -0.25) is 0 Å². The first kappa shape index (κ1) is 14.9. The third kappa shape index (κ3) is 3.44. The molecule has 1 aromatic rings. The molecule has 0 radical (unpaired) electrons. The molecule has 0 aromatic heterocycles. The highest BCUT2D eigenvalue weighted by molar-refractivity contribution is 7.89. The van der Waals surface area contributed by atoms with Crippen molar-refractivity contribution in [1.82, 2.24) is 4.72 Å². The van der Waals surface area contributed by atoms with E-state index in [1.807, 2.05) is 13.8 Å². The third-order valence-electron chi connectivity index (χ3n) is 2.58. The molecule has 3 N–H and O–H groups in total. The quantitative estimate of drug-likeness (QED) is 0.811. The number of nitrogens with two attached hydrogens (primary N) is 1. The van der Waals surface area contributed by atoms with Gasteiger partial charge >= 0.3 is 0 Å². The predicted octanol–water partition coefficient (Wildman–Crippen LogP) is 1.06. The van der Waals surface area contributed by atoms with Crippen molar-refractivity contribution in [2.75, 3.05) is 20.2 Å². The fourth-order valence-electron chi connectivity index (χ4n) is 1.54. The molecule has 0 saturated heterocycles. The summed E-state index contributed by atoms with van der Waals surface area (Å²) in [5.74, 6) is 0.665. The number of methoxy groups -OCH3 is 1. The number of hydrogen-bond donors (Lipinski definition) is 2. The number of sulfonamides is 1. The molecule has 0 amide bonds. The van der Waals surface area contributed by atoms with Crippen molar-refractivity contribution in [3.63, 3.8) is 0 Å². The van der Waals surface area contributed by atoms with Crippen LogP contribution in [-0.2, 0) is 10.0 Å². The molecule has 5 nitrogen and oxygen atoms in total. The Bertz CT molecular complexity index is 498. The smallest absolute Gasteiger partial charge is 0.244 e. The van der Waals surface area contributed by atoms with Gasteiger partial charge in [-0.15, -0.1) is 0 Å². The van der Waals surface area contributed by atoms with Crippen LogP contribution in [0, 0.1) is 0 Å². The van der Waals surface area contributed by atoms with Crippen LogP contribution >= 0.6 is 0 Å². The van der Waals surface area contributed by atoms with Crippen LogP contribution in [0.1, 0.15) is 25.3 Å². The van der Waals surface area contributed by atoms with Crippen molar-refractivity contribution in [1.29, 1.82) is 0 Å². The zero-order valence-electron chi connectivity index (χ0n) is 10.9. The van der Waals surface area contributed by atoms with Gasteiger partial charge in [0.1, 0.15) is 10.6 Å². The normalized spacial score (nSPS) is 11.8. The Morgan fingerprint density at radius 3 is 2.56 bits per heavy atom. The maximum Gasteiger partial charge on any atom is 0.244 e.